The number of carbonyl (C=O) groups is 2. The van der Waals surface area contributed by atoms with Crippen LogP contribution < -0.4 is 5.32 Å². The summed E-state index contributed by atoms with van der Waals surface area (Å²) in [6.45, 7) is 6.70. The van der Waals surface area contributed by atoms with Crippen LogP contribution in [0.25, 0.3) is 0 Å². The predicted molar refractivity (Wildman–Crippen MR) is 146 cm³/mol. The van der Waals surface area contributed by atoms with E-state index in [2.05, 4.69) is 12.2 Å². The number of carboxylic acid groups (broad SMARTS) is 1. The van der Waals surface area contributed by atoms with Crippen molar-refractivity contribution in [1.29, 1.82) is 0 Å². The van der Waals surface area contributed by atoms with Crippen LogP contribution in [0.2, 0.25) is 0 Å². The smallest absolute Gasteiger partial charge is 0.309 e. The quantitative estimate of drug-likeness (QED) is 0.163. The number of carbonyl (C=O) groups excluding carboxylic acids is 1. The molecule has 0 saturated heterocycles. The topological polar surface area (TPSA) is 69.6 Å². The highest BCUT2D eigenvalue weighted by Gasteiger charge is 2.41. The second kappa shape index (κ2) is 19.0. The number of rotatable bonds is 19. The van der Waals surface area contributed by atoms with Crippen molar-refractivity contribution in [1.82, 2.24) is 10.2 Å². The normalized spacial score (nSPS) is 12.7. The van der Waals surface area contributed by atoms with Gasteiger partial charge in [0.2, 0.25) is 5.91 Å². The van der Waals surface area contributed by atoms with Crippen molar-refractivity contribution in [3.8, 4) is 0 Å². The molecule has 0 spiro atoms. The van der Waals surface area contributed by atoms with Crippen LogP contribution in [-0.2, 0) is 9.59 Å². The zero-order valence-electron chi connectivity index (χ0n) is 20.9. The maximum atomic E-state index is 12.7. The fourth-order valence-corrected chi connectivity index (χ4v) is 5.85. The minimum Gasteiger partial charge on any atom is -0.481 e. The molecule has 0 aromatic rings. The Hall–Kier alpha value is -0.310. The van der Waals surface area contributed by atoms with Crippen LogP contribution in [0.4, 0.5) is 0 Å². The van der Waals surface area contributed by atoms with E-state index >= 15 is 0 Å². The van der Waals surface area contributed by atoms with Crippen molar-refractivity contribution in [2.75, 3.05) is 38.7 Å². The molecule has 1 atom stereocenters. The number of nitrogens with one attached hydrogen (secondary N) is 1. The van der Waals surface area contributed by atoms with Gasteiger partial charge in [0, 0.05) is 18.8 Å². The van der Waals surface area contributed by atoms with Crippen LogP contribution in [0.1, 0.15) is 85.0 Å². The highest BCUT2D eigenvalue weighted by molar-refractivity contribution is 8.47. The molecule has 0 rings (SSSR count). The molecule has 2 N–H and O–H groups in total. The number of thiocarbonyl (C=S) groups is 1. The Balaban J connectivity index is 4.18. The monoisotopic (exact) mass is 506 g/mol. The molecule has 0 aromatic carbocycles. The van der Waals surface area contributed by atoms with Gasteiger partial charge in [-0.25, -0.2) is 0 Å². The van der Waals surface area contributed by atoms with Crippen molar-refractivity contribution in [2.45, 2.75) is 85.0 Å². The van der Waals surface area contributed by atoms with Crippen LogP contribution >= 0.6 is 35.7 Å². The Bertz CT molecular complexity index is 543. The fraction of sp³-hybridized carbons (Fsp3) is 0.875. The van der Waals surface area contributed by atoms with Crippen molar-refractivity contribution < 1.29 is 14.7 Å². The molecule has 8 heteroatoms. The van der Waals surface area contributed by atoms with Gasteiger partial charge in [-0.15, -0.1) is 23.5 Å². The number of aliphatic carboxylic acids is 1. The zero-order chi connectivity index (χ0) is 24.4. The number of hydrogen-bond donors (Lipinski definition) is 2. The summed E-state index contributed by atoms with van der Waals surface area (Å²) in [5, 5.41) is 12.5. The molecule has 1 unspecified atom stereocenters. The Kier molecular flexibility index (Phi) is 18.9. The average Bonchev–Trinajstić information content (AvgIpc) is 2.71. The highest BCUT2D eigenvalue weighted by atomic mass is 32.2. The maximum Gasteiger partial charge on any atom is 0.309 e. The molecular formula is C24H46N2O3S3. The van der Waals surface area contributed by atoms with Gasteiger partial charge in [-0.05, 0) is 40.1 Å². The molecule has 188 valence electrons. The molecule has 0 bridgehead atoms. The lowest BCUT2D eigenvalue weighted by molar-refractivity contribution is -0.153. The molecule has 5 nitrogen and oxygen atoms in total. The maximum absolute atomic E-state index is 12.7. The third kappa shape index (κ3) is 15.5. The lowest BCUT2D eigenvalue weighted by Crippen LogP contribution is -2.46. The number of amides is 1. The van der Waals surface area contributed by atoms with Gasteiger partial charge in [-0.2, -0.15) is 0 Å². The second-order valence-electron chi connectivity index (χ2n) is 9.27. The first-order chi connectivity index (χ1) is 15.1. The van der Waals surface area contributed by atoms with Crippen molar-refractivity contribution >= 4 is 51.1 Å². The van der Waals surface area contributed by atoms with Crippen LogP contribution in [0.15, 0.2) is 0 Å². The van der Waals surface area contributed by atoms with Gasteiger partial charge in [-0.3, -0.25) is 9.59 Å². The van der Waals surface area contributed by atoms with E-state index in [0.717, 1.165) is 15.7 Å². The van der Waals surface area contributed by atoms with E-state index in [-0.39, 0.29) is 5.91 Å². The third-order valence-corrected chi connectivity index (χ3v) is 8.56. The molecule has 0 heterocycles. The summed E-state index contributed by atoms with van der Waals surface area (Å²) in [6.07, 6.45) is 13.1. The number of unbranched alkanes of at least 4 members (excludes halogenated alkanes) is 9. The predicted octanol–water partition coefficient (Wildman–Crippen LogP) is 6.06. The molecule has 32 heavy (non-hydrogen) atoms. The Morgan fingerprint density at radius 1 is 0.969 bits per heavy atom. The van der Waals surface area contributed by atoms with Crippen LogP contribution in [0.5, 0.6) is 0 Å². The second-order valence-corrected chi connectivity index (χ2v) is 12.6. The van der Waals surface area contributed by atoms with Gasteiger partial charge >= 0.3 is 5.97 Å². The van der Waals surface area contributed by atoms with Crippen LogP contribution in [-0.4, -0.2) is 64.1 Å². The first-order valence-corrected chi connectivity index (χ1v) is 14.5. The highest BCUT2D eigenvalue weighted by Crippen LogP contribution is 2.32. The van der Waals surface area contributed by atoms with Gasteiger partial charge in [-0.1, -0.05) is 76.9 Å². The zero-order valence-corrected chi connectivity index (χ0v) is 23.4. The summed E-state index contributed by atoms with van der Waals surface area (Å²) < 4.78 is 0.799. The van der Waals surface area contributed by atoms with Gasteiger partial charge in [0.05, 0.1) is 11.3 Å². The fourth-order valence-electron chi connectivity index (χ4n) is 3.22. The average molecular weight is 507 g/mol. The van der Waals surface area contributed by atoms with Crippen LogP contribution in [0.3, 0.4) is 0 Å². The molecule has 0 aromatic heterocycles. The SMILES string of the molecule is CCCCCCCCCCCCSC(=S)SCC(C(=O)NCCN(C)C)C(C)(C)C(=O)O. The molecule has 0 saturated carbocycles. The van der Waals surface area contributed by atoms with Gasteiger partial charge in [0.15, 0.2) is 0 Å². The number of nitrogens with zero attached hydrogens (tertiary/aromatic N) is 1. The number of likely N-dealkylation sites (N-methyl/N-ethyl adjacent to an activating group) is 1. The summed E-state index contributed by atoms with van der Waals surface area (Å²) in [4.78, 5) is 26.4. The lowest BCUT2D eigenvalue weighted by Gasteiger charge is -2.29. The number of carboxylic acids is 1. The minimum absolute atomic E-state index is 0.214. The minimum atomic E-state index is -1.15. The summed E-state index contributed by atoms with van der Waals surface area (Å²) in [5.74, 6) is -0.437. The van der Waals surface area contributed by atoms with E-state index < -0.39 is 17.3 Å². The lowest BCUT2D eigenvalue weighted by atomic mass is 9.79. The largest absolute Gasteiger partial charge is 0.481 e. The van der Waals surface area contributed by atoms with Gasteiger partial charge in [0.25, 0.3) is 0 Å². The summed E-state index contributed by atoms with van der Waals surface area (Å²) >= 11 is 8.57. The van der Waals surface area contributed by atoms with E-state index in [9.17, 15) is 14.7 Å². The van der Waals surface area contributed by atoms with E-state index in [1.807, 2.05) is 19.0 Å². The Morgan fingerprint density at radius 3 is 2.00 bits per heavy atom. The van der Waals surface area contributed by atoms with Crippen molar-refractivity contribution in [2.24, 2.45) is 11.3 Å². The number of hydrogen-bond acceptors (Lipinski definition) is 6. The first-order valence-electron chi connectivity index (χ1n) is 12.1. The van der Waals surface area contributed by atoms with Crippen LogP contribution in [0, 0.1) is 11.3 Å². The molecule has 0 radical (unpaired) electrons. The molecule has 0 aliphatic heterocycles. The van der Waals surface area contributed by atoms with E-state index in [0.29, 0.717) is 18.8 Å². The molecule has 0 fully saturated rings. The van der Waals surface area contributed by atoms with Gasteiger partial charge < -0.3 is 15.3 Å². The van der Waals surface area contributed by atoms with E-state index in [1.165, 1.54) is 69.5 Å². The molecular weight excluding hydrogens is 460 g/mol. The standard InChI is InChI=1S/C24H46N2O3S3/c1-6-7-8-9-10-11-12-13-14-15-18-31-23(30)32-19-20(24(2,3)22(28)29)21(27)25-16-17-26(4)5/h20H,6-19H2,1-5H3,(H,25,27)(H,28,29). The first kappa shape index (κ1) is 31.7. The Labute approximate surface area is 210 Å². The third-order valence-electron chi connectivity index (χ3n) is 5.68. The molecule has 0 aliphatic carbocycles. The van der Waals surface area contributed by atoms with Crippen molar-refractivity contribution in [3.63, 3.8) is 0 Å². The van der Waals surface area contributed by atoms with Crippen molar-refractivity contribution in [3.05, 3.63) is 0 Å². The van der Waals surface area contributed by atoms with Gasteiger partial charge in [0.1, 0.15) is 3.53 Å². The summed E-state index contributed by atoms with van der Waals surface area (Å²) in [5.41, 5.74) is -1.15. The van der Waals surface area contributed by atoms with E-state index in [4.69, 9.17) is 12.2 Å². The Morgan fingerprint density at radius 2 is 1.50 bits per heavy atom. The molecule has 1 amide bonds. The van der Waals surface area contributed by atoms with E-state index in [1.54, 1.807) is 25.6 Å². The molecule has 0 aliphatic rings. The number of thioether (sulfide) groups is 2. The summed E-state index contributed by atoms with van der Waals surface area (Å²) in [7, 11) is 3.87. The summed E-state index contributed by atoms with van der Waals surface area (Å²) in [6, 6.07) is 0.